The van der Waals surface area contributed by atoms with Gasteiger partial charge in [-0.2, -0.15) is 0 Å². The number of nitrogens with zero attached hydrogens (tertiary/aromatic N) is 1. The van der Waals surface area contributed by atoms with Gasteiger partial charge >= 0.3 is 6.09 Å². The van der Waals surface area contributed by atoms with E-state index < -0.39 is 42.0 Å². The quantitative estimate of drug-likeness (QED) is 0.319. The van der Waals surface area contributed by atoms with Gasteiger partial charge in [-0.1, -0.05) is 31.4 Å². The highest BCUT2D eigenvalue weighted by molar-refractivity contribution is 5.94. The minimum atomic E-state index is -1.28. The number of hydrogen-bond donors (Lipinski definition) is 3. The largest absolute Gasteiger partial charge is 0.444 e. The molecule has 9 nitrogen and oxygen atoms in total. The minimum Gasteiger partial charge on any atom is -0.444 e. The summed E-state index contributed by atoms with van der Waals surface area (Å²) in [7, 11) is 0. The molecule has 0 saturated heterocycles. The Hall–Kier alpha value is -3.54. The first-order chi connectivity index (χ1) is 17.0. The first-order valence-electron chi connectivity index (χ1n) is 12.4. The lowest BCUT2D eigenvalue weighted by molar-refractivity contribution is -0.148. The zero-order chi connectivity index (χ0) is 26.9. The number of amides is 4. The topological polar surface area (TPSA) is 131 Å². The second-order valence-corrected chi connectivity index (χ2v) is 10.0. The number of unbranched alkanes of at least 4 members (excludes halogenated alkanes) is 1. The first kappa shape index (κ1) is 28.7. The van der Waals surface area contributed by atoms with Gasteiger partial charge in [0, 0.05) is 18.2 Å². The molecule has 0 aromatic heterocycles. The zero-order valence-electron chi connectivity index (χ0n) is 21.6. The van der Waals surface area contributed by atoms with E-state index in [1.54, 1.807) is 45.0 Å². The van der Waals surface area contributed by atoms with E-state index in [0.29, 0.717) is 30.5 Å². The van der Waals surface area contributed by atoms with Crippen LogP contribution in [0.15, 0.2) is 24.3 Å². The lowest BCUT2D eigenvalue weighted by atomic mass is 9.87. The zero-order valence-corrected chi connectivity index (χ0v) is 21.6. The number of benzene rings is 1. The fourth-order valence-electron chi connectivity index (χ4n) is 3.90. The maximum absolute atomic E-state index is 13.9. The van der Waals surface area contributed by atoms with Gasteiger partial charge in [0.15, 0.2) is 0 Å². The van der Waals surface area contributed by atoms with Crippen LogP contribution < -0.4 is 16.4 Å². The Morgan fingerprint density at radius 3 is 2.31 bits per heavy atom. The Labute approximate surface area is 213 Å². The van der Waals surface area contributed by atoms with Crippen LogP contribution in [0.1, 0.15) is 83.4 Å². The number of nitrogens with two attached hydrogens (primary N) is 1. The number of ether oxygens (including phenoxy) is 1. The molecule has 1 aromatic carbocycles. The second-order valence-electron chi connectivity index (χ2n) is 10.0. The van der Waals surface area contributed by atoms with Gasteiger partial charge in [-0.05, 0) is 64.2 Å². The molecule has 196 valence electrons. The molecular formula is C27H38N4O5. The molecule has 2 rings (SSSR count). The summed E-state index contributed by atoms with van der Waals surface area (Å²) in [6.07, 6.45) is 8.19. The SMILES string of the molecule is C#Cc1ccc(C(C(=O)NCCCC)N(C(=O)C(CC(N)=O)NC(=O)OC(C)(C)C)C2CCC2)cc1. The van der Waals surface area contributed by atoms with Crippen molar-refractivity contribution in [2.45, 2.75) is 89.9 Å². The summed E-state index contributed by atoms with van der Waals surface area (Å²) in [6.45, 7) is 7.54. The summed E-state index contributed by atoms with van der Waals surface area (Å²) in [5.41, 5.74) is 5.83. The summed E-state index contributed by atoms with van der Waals surface area (Å²) in [5, 5.41) is 5.42. The van der Waals surface area contributed by atoms with Gasteiger partial charge in [0.1, 0.15) is 17.7 Å². The van der Waals surface area contributed by atoms with Gasteiger partial charge < -0.3 is 26.0 Å². The summed E-state index contributed by atoms with van der Waals surface area (Å²) in [4.78, 5) is 53.2. The van der Waals surface area contributed by atoms with E-state index in [0.717, 1.165) is 19.3 Å². The van der Waals surface area contributed by atoms with Crippen molar-refractivity contribution in [2.75, 3.05) is 6.54 Å². The second kappa shape index (κ2) is 13.0. The molecule has 0 spiro atoms. The Morgan fingerprint density at radius 1 is 1.19 bits per heavy atom. The summed E-state index contributed by atoms with van der Waals surface area (Å²) >= 11 is 0. The maximum Gasteiger partial charge on any atom is 0.408 e. The molecule has 36 heavy (non-hydrogen) atoms. The van der Waals surface area contributed by atoms with Crippen molar-refractivity contribution in [2.24, 2.45) is 5.73 Å². The van der Waals surface area contributed by atoms with Crippen molar-refractivity contribution in [3.8, 4) is 12.3 Å². The summed E-state index contributed by atoms with van der Waals surface area (Å²) < 4.78 is 5.29. The Balaban J connectivity index is 2.47. The molecule has 1 aromatic rings. The van der Waals surface area contributed by atoms with Gasteiger partial charge in [-0.3, -0.25) is 14.4 Å². The van der Waals surface area contributed by atoms with Crippen molar-refractivity contribution in [1.82, 2.24) is 15.5 Å². The molecule has 0 aliphatic heterocycles. The number of hydrogen-bond acceptors (Lipinski definition) is 5. The highest BCUT2D eigenvalue weighted by Gasteiger charge is 2.42. The molecule has 1 aliphatic rings. The van der Waals surface area contributed by atoms with Crippen LogP contribution in [-0.2, 0) is 19.1 Å². The molecule has 0 bridgehead atoms. The standard InChI is InChI=1S/C27H38N4O5/c1-6-8-16-29-24(33)23(19-14-12-18(7-2)13-15-19)31(20-10-9-11-20)25(34)21(17-22(28)32)30-26(35)36-27(3,4)5/h2,12-15,20-21,23H,6,8-11,16-17H2,1,3-5H3,(H2,28,32)(H,29,33)(H,30,35). The molecule has 1 saturated carbocycles. The predicted octanol–water partition coefficient (Wildman–Crippen LogP) is 2.78. The average molecular weight is 499 g/mol. The Bertz CT molecular complexity index is 973. The van der Waals surface area contributed by atoms with Crippen molar-refractivity contribution in [3.05, 3.63) is 35.4 Å². The molecule has 4 amide bonds. The lowest BCUT2D eigenvalue weighted by Gasteiger charge is -2.43. The maximum atomic E-state index is 13.9. The van der Waals surface area contributed by atoms with Crippen molar-refractivity contribution < 1.29 is 23.9 Å². The number of primary amides is 1. The van der Waals surface area contributed by atoms with E-state index in [2.05, 4.69) is 16.6 Å². The van der Waals surface area contributed by atoms with E-state index in [9.17, 15) is 19.2 Å². The summed E-state index contributed by atoms with van der Waals surface area (Å²) in [5.74, 6) is 0.875. The van der Waals surface area contributed by atoms with Crippen LogP contribution in [0.5, 0.6) is 0 Å². The average Bonchev–Trinajstić information content (AvgIpc) is 2.75. The van der Waals surface area contributed by atoms with E-state index in [-0.39, 0.29) is 11.9 Å². The van der Waals surface area contributed by atoms with E-state index in [4.69, 9.17) is 16.9 Å². The third-order valence-corrected chi connectivity index (χ3v) is 5.87. The van der Waals surface area contributed by atoms with Gasteiger partial charge in [0.05, 0.1) is 6.42 Å². The van der Waals surface area contributed by atoms with Crippen LogP contribution in [0.25, 0.3) is 0 Å². The van der Waals surface area contributed by atoms with E-state index >= 15 is 0 Å². The van der Waals surface area contributed by atoms with Crippen molar-refractivity contribution in [1.29, 1.82) is 0 Å². The van der Waals surface area contributed by atoms with Gasteiger partial charge in [-0.25, -0.2) is 4.79 Å². The molecule has 9 heteroatoms. The number of nitrogens with one attached hydrogen (secondary N) is 2. The van der Waals surface area contributed by atoms with E-state index in [1.165, 1.54) is 4.90 Å². The number of alkyl carbamates (subject to hydrolysis) is 1. The number of carbonyl (C=O) groups is 4. The number of terminal acetylenes is 1. The van der Waals surface area contributed by atoms with Crippen LogP contribution >= 0.6 is 0 Å². The lowest BCUT2D eigenvalue weighted by Crippen LogP contribution is -2.58. The van der Waals surface area contributed by atoms with Crippen LogP contribution in [0.4, 0.5) is 4.79 Å². The number of rotatable bonds is 11. The molecule has 1 fully saturated rings. The summed E-state index contributed by atoms with van der Waals surface area (Å²) in [6, 6.07) is 4.39. The Morgan fingerprint density at radius 2 is 1.83 bits per heavy atom. The van der Waals surface area contributed by atoms with Crippen molar-refractivity contribution in [3.63, 3.8) is 0 Å². The third kappa shape index (κ3) is 8.29. The molecule has 4 N–H and O–H groups in total. The highest BCUT2D eigenvalue weighted by Crippen LogP contribution is 2.34. The highest BCUT2D eigenvalue weighted by atomic mass is 16.6. The van der Waals surface area contributed by atoms with Gasteiger partial charge in [-0.15, -0.1) is 6.42 Å². The molecule has 0 radical (unpaired) electrons. The van der Waals surface area contributed by atoms with Crippen LogP contribution in [0.3, 0.4) is 0 Å². The predicted molar refractivity (Wildman–Crippen MR) is 136 cm³/mol. The number of carbonyl (C=O) groups excluding carboxylic acids is 4. The van der Waals surface area contributed by atoms with Crippen LogP contribution in [-0.4, -0.2) is 52.9 Å². The molecule has 0 heterocycles. The molecule has 2 unspecified atom stereocenters. The fourth-order valence-corrected chi connectivity index (χ4v) is 3.90. The normalized spacial score (nSPS) is 15.0. The fraction of sp³-hybridized carbons (Fsp3) is 0.556. The van der Waals surface area contributed by atoms with E-state index in [1.807, 2.05) is 6.92 Å². The van der Waals surface area contributed by atoms with Crippen LogP contribution in [0, 0.1) is 12.3 Å². The molecule has 1 aliphatic carbocycles. The smallest absolute Gasteiger partial charge is 0.408 e. The first-order valence-corrected chi connectivity index (χ1v) is 12.4. The molecular weight excluding hydrogens is 460 g/mol. The van der Waals surface area contributed by atoms with Gasteiger partial charge in [0.2, 0.25) is 17.7 Å². The Kier molecular flexibility index (Phi) is 10.3. The van der Waals surface area contributed by atoms with Crippen molar-refractivity contribution >= 4 is 23.8 Å². The van der Waals surface area contributed by atoms with Gasteiger partial charge in [0.25, 0.3) is 0 Å². The molecule has 2 atom stereocenters. The third-order valence-electron chi connectivity index (χ3n) is 5.87. The van der Waals surface area contributed by atoms with Crippen LogP contribution in [0.2, 0.25) is 0 Å². The minimum absolute atomic E-state index is 0.234. The monoisotopic (exact) mass is 498 g/mol.